The number of aromatic nitrogens is 2. The topological polar surface area (TPSA) is 46.9 Å². The molecule has 0 saturated carbocycles. The van der Waals surface area contributed by atoms with Gasteiger partial charge in [0.2, 0.25) is 5.91 Å². The lowest BCUT2D eigenvalue weighted by atomic mass is 10.2. The van der Waals surface area contributed by atoms with E-state index in [0.717, 1.165) is 27.8 Å². The Kier molecular flexibility index (Phi) is 5.77. The van der Waals surface area contributed by atoms with Crippen LogP contribution in [0.5, 0.6) is 0 Å². The summed E-state index contributed by atoms with van der Waals surface area (Å²) in [5, 5.41) is 3.71. The normalized spacial score (nSPS) is 10.7. The predicted octanol–water partition coefficient (Wildman–Crippen LogP) is 5.58. The number of thioether (sulfide) groups is 1. The summed E-state index contributed by atoms with van der Waals surface area (Å²) in [5.41, 5.74) is 4.96. The summed E-state index contributed by atoms with van der Waals surface area (Å²) < 4.78 is 2.04. The maximum absolute atomic E-state index is 12.4. The maximum Gasteiger partial charge on any atom is 0.234 e. The van der Waals surface area contributed by atoms with Gasteiger partial charge in [0.05, 0.1) is 11.4 Å². The Morgan fingerprint density at radius 2 is 1.59 bits per heavy atom. The molecule has 5 heteroatoms. The minimum atomic E-state index is -0.0547. The van der Waals surface area contributed by atoms with Crippen molar-refractivity contribution in [1.29, 1.82) is 0 Å². The number of nitrogens with zero attached hydrogens (tertiary/aromatic N) is 2. The first-order valence-corrected chi connectivity index (χ1v) is 10.4. The van der Waals surface area contributed by atoms with E-state index in [1.807, 2.05) is 71.4 Å². The summed E-state index contributed by atoms with van der Waals surface area (Å²) in [7, 11) is 0. The summed E-state index contributed by atoms with van der Waals surface area (Å²) in [6.07, 6.45) is 2.03. The van der Waals surface area contributed by atoms with Crippen LogP contribution in [0.1, 0.15) is 5.56 Å². The third-order valence-electron chi connectivity index (χ3n) is 4.45. The molecule has 0 aliphatic rings. The Morgan fingerprint density at radius 3 is 2.28 bits per heavy atom. The Bertz CT molecular complexity index is 1090. The van der Waals surface area contributed by atoms with E-state index in [1.54, 1.807) is 0 Å². The van der Waals surface area contributed by atoms with Gasteiger partial charge in [0, 0.05) is 23.1 Å². The van der Waals surface area contributed by atoms with Crippen LogP contribution in [0, 0.1) is 6.92 Å². The standard InChI is InChI=1S/C24H21N3OS/c1-18-12-14-21(15-13-18)27-16-22(19-8-4-2-5-9-19)26-24(27)29-17-23(28)25-20-10-6-3-7-11-20/h2-16H,17H2,1H3,(H,25,28). The van der Waals surface area contributed by atoms with Crippen LogP contribution < -0.4 is 5.32 Å². The van der Waals surface area contributed by atoms with E-state index in [1.165, 1.54) is 17.3 Å². The molecule has 4 nitrogen and oxygen atoms in total. The number of benzene rings is 3. The Balaban J connectivity index is 1.58. The molecule has 0 fully saturated rings. The van der Waals surface area contributed by atoms with Crippen LogP contribution in [0.3, 0.4) is 0 Å². The number of rotatable bonds is 6. The number of anilines is 1. The summed E-state index contributed by atoms with van der Waals surface area (Å²) >= 11 is 1.43. The molecule has 0 bridgehead atoms. The number of carbonyl (C=O) groups excluding carboxylic acids is 1. The summed E-state index contributed by atoms with van der Waals surface area (Å²) in [6, 6.07) is 27.8. The third kappa shape index (κ3) is 4.76. The van der Waals surface area contributed by atoms with Gasteiger partial charge in [-0.3, -0.25) is 9.36 Å². The second-order valence-electron chi connectivity index (χ2n) is 6.68. The van der Waals surface area contributed by atoms with Gasteiger partial charge in [-0.2, -0.15) is 0 Å². The maximum atomic E-state index is 12.4. The van der Waals surface area contributed by atoms with Gasteiger partial charge in [-0.1, -0.05) is 78.0 Å². The molecule has 0 aliphatic carbocycles. The number of nitrogens with one attached hydrogen (secondary N) is 1. The van der Waals surface area contributed by atoms with E-state index in [-0.39, 0.29) is 11.7 Å². The van der Waals surface area contributed by atoms with Gasteiger partial charge in [-0.05, 0) is 31.2 Å². The van der Waals surface area contributed by atoms with Crippen LogP contribution >= 0.6 is 11.8 Å². The lowest BCUT2D eigenvalue weighted by Crippen LogP contribution is -2.14. The number of hydrogen-bond acceptors (Lipinski definition) is 3. The van der Waals surface area contributed by atoms with E-state index in [4.69, 9.17) is 4.98 Å². The minimum Gasteiger partial charge on any atom is -0.325 e. The Labute approximate surface area is 174 Å². The smallest absolute Gasteiger partial charge is 0.234 e. The van der Waals surface area contributed by atoms with Crippen LogP contribution in [-0.4, -0.2) is 21.2 Å². The highest BCUT2D eigenvalue weighted by Gasteiger charge is 2.14. The summed E-state index contributed by atoms with van der Waals surface area (Å²) in [5.74, 6) is 0.229. The summed E-state index contributed by atoms with van der Waals surface area (Å²) in [6.45, 7) is 2.07. The predicted molar refractivity (Wildman–Crippen MR) is 120 cm³/mol. The molecule has 3 aromatic carbocycles. The van der Waals surface area contributed by atoms with Gasteiger partial charge < -0.3 is 5.32 Å². The molecule has 144 valence electrons. The van der Waals surface area contributed by atoms with E-state index in [0.29, 0.717) is 0 Å². The lowest BCUT2D eigenvalue weighted by Gasteiger charge is -2.08. The fourth-order valence-electron chi connectivity index (χ4n) is 2.95. The lowest BCUT2D eigenvalue weighted by molar-refractivity contribution is -0.113. The Morgan fingerprint density at radius 1 is 0.931 bits per heavy atom. The average Bonchev–Trinajstić information content (AvgIpc) is 3.18. The van der Waals surface area contributed by atoms with Crippen molar-refractivity contribution in [2.75, 3.05) is 11.1 Å². The fourth-order valence-corrected chi connectivity index (χ4v) is 3.74. The van der Waals surface area contributed by atoms with Gasteiger partial charge in [-0.25, -0.2) is 4.98 Å². The molecule has 0 unspecified atom stereocenters. The van der Waals surface area contributed by atoms with E-state index >= 15 is 0 Å². The number of amides is 1. The van der Waals surface area contributed by atoms with Crippen LogP contribution in [0.4, 0.5) is 5.69 Å². The quantitative estimate of drug-likeness (QED) is 0.431. The zero-order chi connectivity index (χ0) is 20.1. The SMILES string of the molecule is Cc1ccc(-n2cc(-c3ccccc3)nc2SCC(=O)Nc2ccccc2)cc1. The number of para-hydroxylation sites is 1. The second kappa shape index (κ2) is 8.80. The van der Waals surface area contributed by atoms with Crippen molar-refractivity contribution in [3.63, 3.8) is 0 Å². The number of hydrogen-bond donors (Lipinski definition) is 1. The highest BCUT2D eigenvalue weighted by molar-refractivity contribution is 7.99. The number of carbonyl (C=O) groups is 1. The molecular formula is C24H21N3OS. The van der Waals surface area contributed by atoms with Gasteiger partial charge in [-0.15, -0.1) is 0 Å². The first kappa shape index (κ1) is 19.0. The van der Waals surface area contributed by atoms with Crippen molar-refractivity contribution in [2.24, 2.45) is 0 Å². The van der Waals surface area contributed by atoms with Gasteiger partial charge in [0.15, 0.2) is 5.16 Å². The fraction of sp³-hybridized carbons (Fsp3) is 0.0833. The average molecular weight is 400 g/mol. The first-order chi connectivity index (χ1) is 14.2. The number of aryl methyl sites for hydroxylation is 1. The van der Waals surface area contributed by atoms with Crippen molar-refractivity contribution in [3.05, 3.63) is 96.7 Å². The van der Waals surface area contributed by atoms with Crippen LogP contribution in [0.15, 0.2) is 96.3 Å². The van der Waals surface area contributed by atoms with Crippen molar-refractivity contribution < 1.29 is 4.79 Å². The monoisotopic (exact) mass is 399 g/mol. The zero-order valence-corrected chi connectivity index (χ0v) is 16.9. The van der Waals surface area contributed by atoms with Gasteiger partial charge >= 0.3 is 0 Å². The molecule has 1 heterocycles. The highest BCUT2D eigenvalue weighted by Crippen LogP contribution is 2.27. The van der Waals surface area contributed by atoms with Crippen LogP contribution in [-0.2, 0) is 4.79 Å². The molecule has 0 radical (unpaired) electrons. The Hall–Kier alpha value is -3.31. The van der Waals surface area contributed by atoms with Gasteiger partial charge in [0.1, 0.15) is 0 Å². The molecule has 1 amide bonds. The highest BCUT2D eigenvalue weighted by atomic mass is 32.2. The zero-order valence-electron chi connectivity index (χ0n) is 16.1. The molecule has 0 saturated heterocycles. The molecule has 1 N–H and O–H groups in total. The molecule has 0 atom stereocenters. The minimum absolute atomic E-state index is 0.0547. The molecule has 29 heavy (non-hydrogen) atoms. The van der Waals surface area contributed by atoms with E-state index in [2.05, 4.69) is 36.5 Å². The molecule has 4 rings (SSSR count). The molecule has 0 aliphatic heterocycles. The third-order valence-corrected chi connectivity index (χ3v) is 5.40. The molecular weight excluding hydrogens is 378 g/mol. The van der Waals surface area contributed by atoms with E-state index in [9.17, 15) is 4.79 Å². The van der Waals surface area contributed by atoms with Crippen molar-refractivity contribution in [3.8, 4) is 16.9 Å². The van der Waals surface area contributed by atoms with Crippen molar-refractivity contribution in [1.82, 2.24) is 9.55 Å². The van der Waals surface area contributed by atoms with Gasteiger partial charge in [0.25, 0.3) is 0 Å². The second-order valence-corrected chi connectivity index (χ2v) is 7.63. The first-order valence-electron chi connectivity index (χ1n) is 9.38. The van der Waals surface area contributed by atoms with Crippen LogP contribution in [0.2, 0.25) is 0 Å². The molecule has 1 aromatic heterocycles. The number of imidazole rings is 1. The summed E-state index contributed by atoms with van der Waals surface area (Å²) in [4.78, 5) is 17.2. The molecule has 4 aromatic rings. The van der Waals surface area contributed by atoms with Crippen LogP contribution in [0.25, 0.3) is 16.9 Å². The molecule has 0 spiro atoms. The van der Waals surface area contributed by atoms with E-state index < -0.39 is 0 Å². The van der Waals surface area contributed by atoms with Crippen molar-refractivity contribution >= 4 is 23.4 Å². The largest absolute Gasteiger partial charge is 0.325 e. The van der Waals surface area contributed by atoms with Crippen molar-refractivity contribution in [2.45, 2.75) is 12.1 Å².